The minimum Gasteiger partial charge on any atom is -0.364 e. The first kappa shape index (κ1) is 8.57. The normalized spacial score (nSPS) is 11.6. The van der Waals surface area contributed by atoms with E-state index in [-0.39, 0.29) is 0 Å². The fraction of sp³-hybridized carbons (Fsp3) is 0.200. The molecule has 0 atom stereocenters. The largest absolute Gasteiger partial charge is 0.432 e. The second kappa shape index (κ2) is 2.50. The highest BCUT2D eigenvalue weighted by Crippen LogP contribution is 2.27. The van der Waals surface area contributed by atoms with Crippen molar-refractivity contribution < 1.29 is 18.0 Å². The summed E-state index contributed by atoms with van der Waals surface area (Å²) in [4.78, 5) is 10.3. The van der Waals surface area contributed by atoms with Gasteiger partial charge >= 0.3 is 6.18 Å². The lowest BCUT2D eigenvalue weighted by Crippen LogP contribution is -2.11. The third kappa shape index (κ3) is 1.55. The molecule has 1 heterocycles. The second-order valence-corrected chi connectivity index (χ2v) is 2.03. The number of carbonyl (C=O) groups is 1. The molecular formula is C5H4F3N3O. The lowest BCUT2D eigenvalue weighted by Gasteiger charge is -1.99. The van der Waals surface area contributed by atoms with Crippen molar-refractivity contribution in [3.05, 3.63) is 17.5 Å². The van der Waals surface area contributed by atoms with E-state index in [4.69, 9.17) is 0 Å². The zero-order valence-electron chi connectivity index (χ0n) is 5.64. The number of hydrogen-bond donors (Lipinski definition) is 2. The highest BCUT2D eigenvalue weighted by atomic mass is 19.4. The number of alkyl halides is 3. The summed E-state index contributed by atoms with van der Waals surface area (Å²) in [5.41, 5.74) is 3.17. The van der Waals surface area contributed by atoms with Gasteiger partial charge < -0.3 is 5.73 Å². The average Bonchev–Trinajstić information content (AvgIpc) is 2.30. The Morgan fingerprint density at radius 1 is 1.58 bits per heavy atom. The van der Waals surface area contributed by atoms with Gasteiger partial charge in [0.05, 0.1) is 0 Å². The first-order chi connectivity index (χ1) is 5.41. The Bertz CT molecular complexity index is 303. The number of halogens is 3. The third-order valence-electron chi connectivity index (χ3n) is 1.14. The molecule has 0 aliphatic heterocycles. The Morgan fingerprint density at radius 3 is 2.42 bits per heavy atom. The quantitative estimate of drug-likeness (QED) is 0.659. The van der Waals surface area contributed by atoms with E-state index in [2.05, 4.69) is 10.8 Å². The van der Waals surface area contributed by atoms with Crippen LogP contribution in [0.2, 0.25) is 0 Å². The lowest BCUT2D eigenvalue weighted by atomic mass is 10.3. The van der Waals surface area contributed by atoms with E-state index in [1.807, 2.05) is 0 Å². The standard InChI is InChI=1S/C5H4F3N3O/c6-5(7,8)3-1-2(4(9)12)10-11-3/h1H,(H2,9,12)(H,10,11). The zero-order valence-corrected chi connectivity index (χ0v) is 5.64. The van der Waals surface area contributed by atoms with Gasteiger partial charge in [-0.05, 0) is 0 Å². The number of primary amides is 1. The molecular weight excluding hydrogens is 175 g/mol. The van der Waals surface area contributed by atoms with E-state index in [0.29, 0.717) is 6.07 Å². The number of nitrogens with one attached hydrogen (secondary N) is 1. The van der Waals surface area contributed by atoms with Gasteiger partial charge in [0, 0.05) is 6.07 Å². The van der Waals surface area contributed by atoms with Crippen LogP contribution in [0.5, 0.6) is 0 Å². The number of nitrogens with two attached hydrogens (primary N) is 1. The van der Waals surface area contributed by atoms with Crippen molar-refractivity contribution in [2.24, 2.45) is 5.73 Å². The highest BCUT2D eigenvalue weighted by molar-refractivity contribution is 5.90. The number of hydrogen-bond acceptors (Lipinski definition) is 2. The molecule has 0 saturated heterocycles. The van der Waals surface area contributed by atoms with E-state index < -0.39 is 23.5 Å². The van der Waals surface area contributed by atoms with Crippen LogP contribution in [0, 0.1) is 0 Å². The Balaban J connectivity index is 3.00. The maximum Gasteiger partial charge on any atom is 0.432 e. The number of aromatic nitrogens is 2. The summed E-state index contributed by atoms with van der Waals surface area (Å²) >= 11 is 0. The number of nitrogens with zero attached hydrogens (tertiary/aromatic N) is 1. The smallest absolute Gasteiger partial charge is 0.364 e. The van der Waals surface area contributed by atoms with Gasteiger partial charge in [0.25, 0.3) is 5.91 Å². The van der Waals surface area contributed by atoms with Crippen molar-refractivity contribution in [1.29, 1.82) is 0 Å². The molecule has 1 aromatic heterocycles. The van der Waals surface area contributed by atoms with Crippen molar-refractivity contribution >= 4 is 5.91 Å². The van der Waals surface area contributed by atoms with E-state index in [1.54, 1.807) is 5.10 Å². The van der Waals surface area contributed by atoms with Crippen LogP contribution in [0.15, 0.2) is 6.07 Å². The van der Waals surface area contributed by atoms with E-state index in [1.165, 1.54) is 0 Å². The van der Waals surface area contributed by atoms with Gasteiger partial charge in [0.2, 0.25) is 0 Å². The van der Waals surface area contributed by atoms with Crippen LogP contribution in [-0.4, -0.2) is 16.1 Å². The number of amides is 1. The maximum absolute atomic E-state index is 11.8. The van der Waals surface area contributed by atoms with Gasteiger partial charge in [0.15, 0.2) is 0 Å². The zero-order chi connectivity index (χ0) is 9.35. The van der Waals surface area contributed by atoms with Crippen LogP contribution in [0.4, 0.5) is 13.2 Å². The second-order valence-electron chi connectivity index (χ2n) is 2.03. The van der Waals surface area contributed by atoms with Crippen LogP contribution in [0.25, 0.3) is 0 Å². The van der Waals surface area contributed by atoms with Crippen LogP contribution in [0.1, 0.15) is 16.2 Å². The minimum atomic E-state index is -4.53. The van der Waals surface area contributed by atoms with Crippen LogP contribution < -0.4 is 5.73 Å². The van der Waals surface area contributed by atoms with Gasteiger partial charge in [0.1, 0.15) is 11.4 Å². The van der Waals surface area contributed by atoms with Crippen molar-refractivity contribution in [3.63, 3.8) is 0 Å². The molecule has 1 aromatic rings. The molecule has 0 spiro atoms. The molecule has 0 aromatic carbocycles. The number of H-pyrrole nitrogens is 1. The van der Waals surface area contributed by atoms with E-state index >= 15 is 0 Å². The number of carbonyl (C=O) groups excluding carboxylic acids is 1. The van der Waals surface area contributed by atoms with Crippen molar-refractivity contribution in [2.45, 2.75) is 6.18 Å². The highest BCUT2D eigenvalue weighted by Gasteiger charge is 2.33. The third-order valence-corrected chi connectivity index (χ3v) is 1.14. The van der Waals surface area contributed by atoms with Crippen molar-refractivity contribution in [1.82, 2.24) is 10.2 Å². The average molecular weight is 179 g/mol. The summed E-state index contributed by atoms with van der Waals surface area (Å²) in [5.74, 6) is -0.998. The van der Waals surface area contributed by atoms with Gasteiger partial charge in [-0.3, -0.25) is 9.89 Å². The SMILES string of the molecule is NC(=O)c1cc(C(F)(F)F)[nH]n1. The van der Waals surface area contributed by atoms with E-state index in [9.17, 15) is 18.0 Å². The fourth-order valence-electron chi connectivity index (χ4n) is 0.593. The number of aromatic amines is 1. The molecule has 0 aliphatic rings. The Hall–Kier alpha value is -1.53. The van der Waals surface area contributed by atoms with Gasteiger partial charge in [-0.15, -0.1) is 0 Å². The van der Waals surface area contributed by atoms with Gasteiger partial charge in [-0.2, -0.15) is 18.3 Å². The molecule has 4 nitrogen and oxygen atoms in total. The Kier molecular flexibility index (Phi) is 1.79. The maximum atomic E-state index is 11.8. The summed E-state index contributed by atoms with van der Waals surface area (Å²) in [5, 5.41) is 4.71. The van der Waals surface area contributed by atoms with Crippen LogP contribution in [-0.2, 0) is 6.18 Å². The summed E-state index contributed by atoms with van der Waals surface area (Å²) < 4.78 is 35.5. The minimum absolute atomic E-state index is 0.428. The predicted octanol–water partition coefficient (Wildman–Crippen LogP) is 0.527. The fourth-order valence-corrected chi connectivity index (χ4v) is 0.593. The Morgan fingerprint density at radius 2 is 2.17 bits per heavy atom. The molecule has 3 N–H and O–H groups in total. The molecule has 12 heavy (non-hydrogen) atoms. The molecule has 0 saturated carbocycles. The first-order valence-corrected chi connectivity index (χ1v) is 2.83. The first-order valence-electron chi connectivity index (χ1n) is 2.83. The molecule has 1 amide bonds. The Labute approximate surface area is 64.6 Å². The topological polar surface area (TPSA) is 71.8 Å². The molecule has 0 bridgehead atoms. The molecule has 7 heteroatoms. The molecule has 0 unspecified atom stereocenters. The summed E-state index contributed by atoms with van der Waals surface area (Å²) in [7, 11) is 0. The lowest BCUT2D eigenvalue weighted by molar-refractivity contribution is -0.141. The summed E-state index contributed by atoms with van der Waals surface area (Å²) in [6, 6.07) is 0.558. The summed E-state index contributed by atoms with van der Waals surface area (Å²) in [6.45, 7) is 0. The van der Waals surface area contributed by atoms with Gasteiger partial charge in [-0.25, -0.2) is 0 Å². The molecule has 0 aliphatic carbocycles. The van der Waals surface area contributed by atoms with Crippen LogP contribution in [0.3, 0.4) is 0 Å². The van der Waals surface area contributed by atoms with Gasteiger partial charge in [-0.1, -0.05) is 0 Å². The van der Waals surface area contributed by atoms with E-state index in [0.717, 1.165) is 0 Å². The predicted molar refractivity (Wildman–Crippen MR) is 32.1 cm³/mol. The van der Waals surface area contributed by atoms with Crippen molar-refractivity contribution in [2.75, 3.05) is 0 Å². The van der Waals surface area contributed by atoms with Crippen LogP contribution >= 0.6 is 0 Å². The molecule has 1 rings (SSSR count). The van der Waals surface area contributed by atoms with Crippen molar-refractivity contribution in [3.8, 4) is 0 Å². The molecule has 0 radical (unpaired) electrons. The molecule has 0 fully saturated rings. The molecule has 66 valence electrons. The summed E-state index contributed by atoms with van der Waals surface area (Å²) in [6.07, 6.45) is -4.53. The number of rotatable bonds is 1. The monoisotopic (exact) mass is 179 g/mol.